The van der Waals surface area contributed by atoms with E-state index >= 15 is 0 Å². The Morgan fingerprint density at radius 3 is 2.62 bits per heavy atom. The molecule has 0 radical (unpaired) electrons. The van der Waals surface area contributed by atoms with Gasteiger partial charge in [0.1, 0.15) is 18.7 Å². The molecule has 4 rings (SSSR count). The number of hydrogen-bond donors (Lipinski definition) is 1. The lowest BCUT2D eigenvalue weighted by Gasteiger charge is -2.07. The average Bonchev–Trinajstić information content (AvgIpc) is 3.14. The second-order valence-corrected chi connectivity index (χ2v) is 6.45. The van der Waals surface area contributed by atoms with Gasteiger partial charge in [0.15, 0.2) is 11.2 Å². The number of carbonyl (C=O) groups is 1. The number of carbonyl (C=O) groups excluding carboxylic acids is 1. The molecule has 29 heavy (non-hydrogen) atoms. The van der Waals surface area contributed by atoms with E-state index in [4.69, 9.17) is 0 Å². The number of hydrogen-bond acceptors (Lipinski definition) is 5. The van der Waals surface area contributed by atoms with Crippen molar-refractivity contribution in [3.63, 3.8) is 0 Å². The molecule has 8 nitrogen and oxygen atoms in total. The summed E-state index contributed by atoms with van der Waals surface area (Å²) in [7, 11) is 0. The second kappa shape index (κ2) is 8.01. The van der Waals surface area contributed by atoms with Gasteiger partial charge in [0, 0.05) is 12.1 Å². The number of nitrogens with one attached hydrogen (secondary N) is 1. The molecule has 2 aromatic carbocycles. The third kappa shape index (κ3) is 4.03. The third-order valence-electron chi connectivity index (χ3n) is 4.42. The van der Waals surface area contributed by atoms with E-state index < -0.39 is 5.56 Å². The summed E-state index contributed by atoms with van der Waals surface area (Å²) in [6.07, 6.45) is 1.27. The molecule has 0 saturated carbocycles. The third-order valence-corrected chi connectivity index (χ3v) is 4.42. The van der Waals surface area contributed by atoms with Gasteiger partial charge in [-0.25, -0.2) is 14.1 Å². The summed E-state index contributed by atoms with van der Waals surface area (Å²) in [5.74, 6) is -0.699. The Morgan fingerprint density at radius 2 is 1.83 bits per heavy atom. The predicted octanol–water partition coefficient (Wildman–Crippen LogP) is 1.49. The lowest BCUT2D eigenvalue weighted by atomic mass is 10.2. The van der Waals surface area contributed by atoms with Crippen LogP contribution in [0, 0.1) is 5.82 Å². The van der Waals surface area contributed by atoms with Gasteiger partial charge in [0.25, 0.3) is 5.56 Å². The first-order valence-corrected chi connectivity index (χ1v) is 8.94. The van der Waals surface area contributed by atoms with Gasteiger partial charge in [-0.05, 0) is 11.6 Å². The van der Waals surface area contributed by atoms with Crippen LogP contribution < -0.4 is 10.9 Å². The van der Waals surface area contributed by atoms with Crippen LogP contribution in [-0.4, -0.2) is 30.5 Å². The summed E-state index contributed by atoms with van der Waals surface area (Å²) in [6, 6.07) is 15.7. The number of nitrogens with zero attached hydrogens (tertiary/aromatic N) is 5. The highest BCUT2D eigenvalue weighted by atomic mass is 19.1. The van der Waals surface area contributed by atoms with E-state index in [1.807, 2.05) is 30.3 Å². The van der Waals surface area contributed by atoms with E-state index in [1.54, 1.807) is 18.2 Å². The van der Waals surface area contributed by atoms with Crippen molar-refractivity contribution in [3.05, 3.63) is 88.2 Å². The molecule has 0 saturated heterocycles. The fourth-order valence-corrected chi connectivity index (χ4v) is 2.90. The standard InChI is InChI=1S/C20H17FN6O2/c21-16-9-5-4-8-15(16)11-27-19-18(24-25-27)20(29)26(13-23-19)12-17(28)22-10-14-6-2-1-3-7-14/h1-9,13H,10-12H2,(H,22,28). The van der Waals surface area contributed by atoms with E-state index in [0.717, 1.165) is 5.56 Å². The topological polar surface area (TPSA) is 94.7 Å². The highest BCUT2D eigenvalue weighted by Gasteiger charge is 2.15. The molecule has 1 amide bonds. The Hall–Kier alpha value is -3.88. The van der Waals surface area contributed by atoms with Crippen LogP contribution in [0.25, 0.3) is 11.2 Å². The van der Waals surface area contributed by atoms with Crippen LogP contribution in [0.2, 0.25) is 0 Å². The maximum absolute atomic E-state index is 13.9. The monoisotopic (exact) mass is 392 g/mol. The lowest BCUT2D eigenvalue weighted by molar-refractivity contribution is -0.121. The van der Waals surface area contributed by atoms with Gasteiger partial charge in [-0.3, -0.25) is 14.2 Å². The molecule has 0 unspecified atom stereocenters. The zero-order valence-corrected chi connectivity index (χ0v) is 15.3. The van der Waals surface area contributed by atoms with Crippen LogP contribution >= 0.6 is 0 Å². The van der Waals surface area contributed by atoms with Crippen LogP contribution in [0.1, 0.15) is 11.1 Å². The van der Waals surface area contributed by atoms with E-state index in [-0.39, 0.29) is 36.0 Å². The smallest absolute Gasteiger partial charge is 0.283 e. The van der Waals surface area contributed by atoms with Crippen molar-refractivity contribution in [2.24, 2.45) is 0 Å². The molecular formula is C20H17FN6O2. The summed E-state index contributed by atoms with van der Waals surface area (Å²) in [4.78, 5) is 29.0. The molecule has 1 N–H and O–H groups in total. The highest BCUT2D eigenvalue weighted by molar-refractivity contribution is 5.76. The van der Waals surface area contributed by atoms with Gasteiger partial charge in [-0.2, -0.15) is 0 Å². The number of fused-ring (bicyclic) bond motifs is 1. The van der Waals surface area contributed by atoms with Gasteiger partial charge < -0.3 is 5.32 Å². The molecule has 146 valence electrons. The summed E-state index contributed by atoms with van der Waals surface area (Å²) in [5.41, 5.74) is 1.15. The number of rotatable bonds is 6. The van der Waals surface area contributed by atoms with Crippen molar-refractivity contribution in [1.29, 1.82) is 0 Å². The van der Waals surface area contributed by atoms with Crippen LogP contribution in [-0.2, 0) is 24.4 Å². The fourth-order valence-electron chi connectivity index (χ4n) is 2.90. The van der Waals surface area contributed by atoms with Gasteiger partial charge in [-0.1, -0.05) is 53.7 Å². The molecule has 2 heterocycles. The number of aromatic nitrogens is 5. The average molecular weight is 392 g/mol. The first kappa shape index (κ1) is 18.5. The van der Waals surface area contributed by atoms with Crippen molar-refractivity contribution < 1.29 is 9.18 Å². The van der Waals surface area contributed by atoms with Gasteiger partial charge in [-0.15, -0.1) is 5.10 Å². The Balaban J connectivity index is 1.50. The zero-order chi connectivity index (χ0) is 20.2. The second-order valence-electron chi connectivity index (χ2n) is 6.45. The Bertz CT molecular complexity index is 1220. The minimum atomic E-state index is -0.482. The van der Waals surface area contributed by atoms with Crippen LogP contribution in [0.15, 0.2) is 65.7 Å². The number of halogens is 1. The Labute approximate surface area is 164 Å². The van der Waals surface area contributed by atoms with Crippen molar-refractivity contribution in [1.82, 2.24) is 29.9 Å². The predicted molar refractivity (Wildman–Crippen MR) is 103 cm³/mol. The van der Waals surface area contributed by atoms with Crippen LogP contribution in [0.4, 0.5) is 4.39 Å². The van der Waals surface area contributed by atoms with E-state index in [9.17, 15) is 14.0 Å². The van der Waals surface area contributed by atoms with Crippen molar-refractivity contribution in [2.75, 3.05) is 0 Å². The normalized spacial score (nSPS) is 10.9. The van der Waals surface area contributed by atoms with E-state index in [2.05, 4.69) is 20.6 Å². The summed E-state index contributed by atoms with van der Waals surface area (Å²) in [6.45, 7) is 0.273. The molecule has 2 aromatic heterocycles. The molecule has 0 aliphatic heterocycles. The summed E-state index contributed by atoms with van der Waals surface area (Å²) < 4.78 is 16.4. The number of amides is 1. The van der Waals surface area contributed by atoms with Gasteiger partial charge in [0.2, 0.25) is 5.91 Å². The molecule has 0 aliphatic carbocycles. The fraction of sp³-hybridized carbons (Fsp3) is 0.150. The van der Waals surface area contributed by atoms with Crippen LogP contribution in [0.5, 0.6) is 0 Å². The molecule has 0 atom stereocenters. The summed E-state index contributed by atoms with van der Waals surface area (Å²) >= 11 is 0. The number of benzene rings is 2. The molecule has 0 spiro atoms. The molecule has 9 heteroatoms. The Kier molecular flexibility index (Phi) is 5.10. The largest absolute Gasteiger partial charge is 0.350 e. The van der Waals surface area contributed by atoms with Gasteiger partial charge >= 0.3 is 0 Å². The SMILES string of the molecule is O=C(Cn1cnc2c(nnn2Cc2ccccc2F)c1=O)NCc1ccccc1. The van der Waals surface area contributed by atoms with Crippen molar-refractivity contribution in [3.8, 4) is 0 Å². The van der Waals surface area contributed by atoms with Crippen LogP contribution in [0.3, 0.4) is 0 Å². The lowest BCUT2D eigenvalue weighted by Crippen LogP contribution is -2.32. The summed E-state index contributed by atoms with van der Waals surface area (Å²) in [5, 5.41) is 10.5. The molecule has 4 aromatic rings. The molecule has 0 fully saturated rings. The Morgan fingerprint density at radius 1 is 1.07 bits per heavy atom. The first-order valence-electron chi connectivity index (χ1n) is 8.94. The van der Waals surface area contributed by atoms with Gasteiger partial charge in [0.05, 0.1) is 6.54 Å². The van der Waals surface area contributed by atoms with E-state index in [1.165, 1.54) is 21.6 Å². The zero-order valence-electron chi connectivity index (χ0n) is 15.3. The van der Waals surface area contributed by atoms with Crippen molar-refractivity contribution in [2.45, 2.75) is 19.6 Å². The minimum Gasteiger partial charge on any atom is -0.350 e. The molecule has 0 aliphatic rings. The highest BCUT2D eigenvalue weighted by Crippen LogP contribution is 2.10. The first-order chi connectivity index (χ1) is 14.1. The molecular weight excluding hydrogens is 375 g/mol. The quantitative estimate of drug-likeness (QED) is 0.537. The van der Waals surface area contributed by atoms with Crippen molar-refractivity contribution >= 4 is 17.1 Å². The molecule has 0 bridgehead atoms. The minimum absolute atomic E-state index is 0.0275. The van der Waals surface area contributed by atoms with E-state index in [0.29, 0.717) is 12.1 Å². The maximum Gasteiger partial charge on any atom is 0.283 e. The maximum atomic E-state index is 13.9.